The third kappa shape index (κ3) is 4.37. The molecule has 1 amide bonds. The molecule has 0 saturated carbocycles. The zero-order chi connectivity index (χ0) is 18.4. The third-order valence-electron chi connectivity index (χ3n) is 4.27. The number of fused-ring (bicyclic) bond motifs is 1. The first-order valence-electron chi connectivity index (χ1n) is 8.35. The van der Waals surface area contributed by atoms with Crippen LogP contribution in [0.1, 0.15) is 22.3 Å². The Hall–Kier alpha value is -3.39. The molecular formula is C21H18N2O3. The maximum absolute atomic E-state index is 12.3. The molecule has 3 rings (SSSR count). The van der Waals surface area contributed by atoms with E-state index in [4.69, 9.17) is 10.00 Å². The number of nitrogens with zero attached hydrogens (tertiary/aromatic N) is 2. The van der Waals surface area contributed by atoms with E-state index in [-0.39, 0.29) is 12.5 Å². The second-order valence-corrected chi connectivity index (χ2v) is 6.01. The molecule has 0 fully saturated rings. The van der Waals surface area contributed by atoms with Crippen LogP contribution in [0.25, 0.3) is 6.08 Å². The van der Waals surface area contributed by atoms with Gasteiger partial charge in [-0.1, -0.05) is 36.4 Å². The van der Waals surface area contributed by atoms with Crippen LogP contribution in [0.3, 0.4) is 0 Å². The third-order valence-corrected chi connectivity index (χ3v) is 4.27. The van der Waals surface area contributed by atoms with Crippen LogP contribution in [0.5, 0.6) is 0 Å². The van der Waals surface area contributed by atoms with Gasteiger partial charge in [-0.15, -0.1) is 0 Å². The van der Waals surface area contributed by atoms with Crippen molar-refractivity contribution in [3.8, 4) is 6.07 Å². The lowest BCUT2D eigenvalue weighted by Gasteiger charge is -2.28. The summed E-state index contributed by atoms with van der Waals surface area (Å²) in [4.78, 5) is 25.8. The summed E-state index contributed by atoms with van der Waals surface area (Å²) in [6.07, 6.45) is 3.68. The highest BCUT2D eigenvalue weighted by Gasteiger charge is 2.20. The van der Waals surface area contributed by atoms with Crippen molar-refractivity contribution in [2.45, 2.75) is 13.0 Å². The number of carbonyl (C=O) groups is 2. The molecule has 5 heteroatoms. The van der Waals surface area contributed by atoms with Gasteiger partial charge in [-0.3, -0.25) is 4.79 Å². The van der Waals surface area contributed by atoms with Gasteiger partial charge in [0.1, 0.15) is 0 Å². The molecule has 0 aromatic heterocycles. The van der Waals surface area contributed by atoms with E-state index in [2.05, 4.69) is 6.07 Å². The van der Waals surface area contributed by atoms with Gasteiger partial charge >= 0.3 is 5.97 Å². The number of hydrogen-bond acceptors (Lipinski definition) is 4. The number of rotatable bonds is 4. The van der Waals surface area contributed by atoms with E-state index in [9.17, 15) is 9.59 Å². The number of esters is 1. The summed E-state index contributed by atoms with van der Waals surface area (Å²) in [5.41, 5.74) is 3.73. The molecule has 0 atom stereocenters. The molecule has 1 aliphatic heterocycles. The summed E-state index contributed by atoms with van der Waals surface area (Å²) >= 11 is 0. The van der Waals surface area contributed by atoms with Gasteiger partial charge in [0.15, 0.2) is 6.61 Å². The molecule has 0 unspecified atom stereocenters. The van der Waals surface area contributed by atoms with Crippen LogP contribution in [-0.4, -0.2) is 29.9 Å². The van der Waals surface area contributed by atoms with Gasteiger partial charge in [0, 0.05) is 19.2 Å². The second kappa shape index (κ2) is 8.13. The highest BCUT2D eigenvalue weighted by Crippen LogP contribution is 2.18. The summed E-state index contributed by atoms with van der Waals surface area (Å²) in [6.45, 7) is 0.917. The van der Waals surface area contributed by atoms with Crippen molar-refractivity contribution in [3.63, 3.8) is 0 Å². The Morgan fingerprint density at radius 3 is 2.58 bits per heavy atom. The molecular weight excluding hydrogens is 328 g/mol. The Balaban J connectivity index is 1.49. The normalized spacial score (nSPS) is 13.1. The summed E-state index contributed by atoms with van der Waals surface area (Å²) in [7, 11) is 0. The van der Waals surface area contributed by atoms with Gasteiger partial charge in [-0.25, -0.2) is 4.79 Å². The Morgan fingerprint density at radius 1 is 1.12 bits per heavy atom. The molecule has 0 saturated heterocycles. The van der Waals surface area contributed by atoms with E-state index in [1.54, 1.807) is 35.2 Å². The Morgan fingerprint density at radius 2 is 1.85 bits per heavy atom. The number of ether oxygens (including phenoxy) is 1. The van der Waals surface area contributed by atoms with Crippen LogP contribution in [0, 0.1) is 11.3 Å². The maximum atomic E-state index is 12.3. The fraction of sp³-hybridized carbons (Fsp3) is 0.190. The summed E-state index contributed by atoms with van der Waals surface area (Å²) < 4.78 is 5.04. The number of nitriles is 1. The fourth-order valence-corrected chi connectivity index (χ4v) is 2.81. The van der Waals surface area contributed by atoms with Gasteiger partial charge in [0.05, 0.1) is 11.6 Å². The summed E-state index contributed by atoms with van der Waals surface area (Å²) in [5, 5.41) is 8.75. The standard InChI is InChI=1S/C21H18N2O3/c22-13-17-7-5-16(6-8-17)9-10-21(25)26-15-20(24)23-12-11-18-3-1-2-4-19(18)14-23/h1-10H,11-12,14-15H2/b10-9+. The van der Waals surface area contributed by atoms with E-state index in [0.29, 0.717) is 18.7 Å². The molecule has 0 N–H and O–H groups in total. The zero-order valence-electron chi connectivity index (χ0n) is 14.2. The number of benzene rings is 2. The minimum atomic E-state index is -0.569. The molecule has 0 bridgehead atoms. The van der Waals surface area contributed by atoms with Crippen molar-refractivity contribution >= 4 is 18.0 Å². The highest BCUT2D eigenvalue weighted by molar-refractivity contribution is 5.89. The molecule has 1 aliphatic rings. The molecule has 26 heavy (non-hydrogen) atoms. The fourth-order valence-electron chi connectivity index (χ4n) is 2.81. The first-order chi connectivity index (χ1) is 12.7. The van der Waals surface area contributed by atoms with Crippen molar-refractivity contribution < 1.29 is 14.3 Å². The molecule has 2 aromatic carbocycles. The Kier molecular flexibility index (Phi) is 5.45. The largest absolute Gasteiger partial charge is 0.452 e. The van der Waals surface area contributed by atoms with Crippen LogP contribution >= 0.6 is 0 Å². The van der Waals surface area contributed by atoms with Crippen molar-refractivity contribution in [2.24, 2.45) is 0 Å². The van der Waals surface area contributed by atoms with Crippen LogP contribution in [0.15, 0.2) is 54.6 Å². The molecule has 0 radical (unpaired) electrons. The number of carbonyl (C=O) groups excluding carboxylic acids is 2. The molecule has 0 aliphatic carbocycles. The van der Waals surface area contributed by atoms with Gasteiger partial charge < -0.3 is 9.64 Å². The quantitative estimate of drug-likeness (QED) is 0.630. The Bertz CT molecular complexity index is 879. The average molecular weight is 346 g/mol. The molecule has 5 nitrogen and oxygen atoms in total. The lowest BCUT2D eigenvalue weighted by atomic mass is 10.00. The molecule has 130 valence electrons. The van der Waals surface area contributed by atoms with Crippen molar-refractivity contribution in [1.82, 2.24) is 4.90 Å². The van der Waals surface area contributed by atoms with Crippen molar-refractivity contribution in [1.29, 1.82) is 5.26 Å². The van der Waals surface area contributed by atoms with Crippen LogP contribution in [0.2, 0.25) is 0 Å². The Labute approximate surface area is 152 Å². The SMILES string of the molecule is N#Cc1ccc(/C=C/C(=O)OCC(=O)N2CCc3ccccc3C2)cc1. The minimum Gasteiger partial charge on any atom is -0.452 e. The summed E-state index contributed by atoms with van der Waals surface area (Å²) in [5.74, 6) is -0.764. The molecule has 2 aromatic rings. The average Bonchev–Trinajstić information content (AvgIpc) is 2.70. The van der Waals surface area contributed by atoms with E-state index in [1.807, 2.05) is 24.3 Å². The predicted octanol–water partition coefficient (Wildman–Crippen LogP) is 2.70. The predicted molar refractivity (Wildman–Crippen MR) is 96.7 cm³/mol. The second-order valence-electron chi connectivity index (χ2n) is 6.01. The first-order valence-corrected chi connectivity index (χ1v) is 8.35. The highest BCUT2D eigenvalue weighted by atomic mass is 16.5. The van der Waals surface area contributed by atoms with Gasteiger partial charge in [0.2, 0.25) is 0 Å². The zero-order valence-corrected chi connectivity index (χ0v) is 14.2. The van der Waals surface area contributed by atoms with Crippen LogP contribution < -0.4 is 0 Å². The number of hydrogen-bond donors (Lipinski definition) is 0. The van der Waals surface area contributed by atoms with E-state index >= 15 is 0 Å². The van der Waals surface area contributed by atoms with E-state index in [1.165, 1.54) is 11.6 Å². The summed E-state index contributed by atoms with van der Waals surface area (Å²) in [6, 6.07) is 16.9. The van der Waals surface area contributed by atoms with Gasteiger partial charge in [0.25, 0.3) is 5.91 Å². The molecule has 0 spiro atoms. The maximum Gasteiger partial charge on any atom is 0.331 e. The monoisotopic (exact) mass is 346 g/mol. The van der Waals surface area contributed by atoms with Crippen LogP contribution in [0.4, 0.5) is 0 Å². The topological polar surface area (TPSA) is 70.4 Å². The lowest BCUT2D eigenvalue weighted by molar-refractivity contribution is -0.148. The van der Waals surface area contributed by atoms with Crippen molar-refractivity contribution in [2.75, 3.05) is 13.2 Å². The van der Waals surface area contributed by atoms with Crippen LogP contribution in [-0.2, 0) is 27.3 Å². The van der Waals surface area contributed by atoms with E-state index < -0.39 is 5.97 Å². The van der Waals surface area contributed by atoms with Gasteiger partial charge in [-0.05, 0) is 41.3 Å². The first kappa shape index (κ1) is 17.4. The molecule has 1 heterocycles. The number of amides is 1. The minimum absolute atomic E-state index is 0.195. The smallest absolute Gasteiger partial charge is 0.331 e. The van der Waals surface area contributed by atoms with E-state index in [0.717, 1.165) is 17.5 Å². The van der Waals surface area contributed by atoms with Gasteiger partial charge in [-0.2, -0.15) is 5.26 Å². The van der Waals surface area contributed by atoms with Crippen molar-refractivity contribution in [3.05, 3.63) is 76.9 Å². The lowest BCUT2D eigenvalue weighted by Crippen LogP contribution is -2.38.